The van der Waals surface area contributed by atoms with Crippen LogP contribution >= 0.6 is 22.9 Å². The average molecular weight is 503 g/mol. The summed E-state index contributed by atoms with van der Waals surface area (Å²) in [6.07, 6.45) is 2.58. The molecule has 8 heteroatoms. The number of nitrogens with one attached hydrogen (secondary N) is 1. The molecule has 0 fully saturated rings. The number of thiophene rings is 1. The number of nitrogens with zero attached hydrogens (tertiary/aromatic N) is 3. The van der Waals surface area contributed by atoms with Crippen molar-refractivity contribution in [3.63, 3.8) is 0 Å². The Bertz CT molecular complexity index is 1550. The van der Waals surface area contributed by atoms with Gasteiger partial charge in [0.1, 0.15) is 35.3 Å². The molecule has 0 atom stereocenters. The summed E-state index contributed by atoms with van der Waals surface area (Å²) in [7, 11) is 0. The fourth-order valence-corrected chi connectivity index (χ4v) is 5.43. The van der Waals surface area contributed by atoms with Gasteiger partial charge in [0.05, 0.1) is 4.70 Å². The molecular formula is C27H20ClFN4OS. The number of pyridine rings is 1. The van der Waals surface area contributed by atoms with E-state index < -0.39 is 5.82 Å². The van der Waals surface area contributed by atoms with Crippen LogP contribution in [-0.2, 0) is 19.6 Å². The highest BCUT2D eigenvalue weighted by Crippen LogP contribution is 2.40. The van der Waals surface area contributed by atoms with Crippen molar-refractivity contribution in [2.75, 3.05) is 6.54 Å². The zero-order valence-electron chi connectivity index (χ0n) is 18.6. The monoisotopic (exact) mass is 502 g/mol. The first-order chi connectivity index (χ1) is 17.2. The van der Waals surface area contributed by atoms with Crippen molar-refractivity contribution < 1.29 is 9.13 Å². The molecule has 6 rings (SSSR count). The van der Waals surface area contributed by atoms with Crippen LogP contribution in [0.1, 0.15) is 16.8 Å². The lowest BCUT2D eigenvalue weighted by Crippen LogP contribution is -2.23. The van der Waals surface area contributed by atoms with Crippen molar-refractivity contribution in [2.45, 2.75) is 19.6 Å². The first-order valence-electron chi connectivity index (χ1n) is 11.3. The largest absolute Gasteiger partial charge is 0.486 e. The van der Waals surface area contributed by atoms with Gasteiger partial charge in [-0.15, -0.1) is 21.5 Å². The second kappa shape index (κ2) is 9.34. The molecule has 0 spiro atoms. The SMILES string of the molecule is Fc1cccnc1COc1cc(Cl)ccc1-c1nnc(-c2ccc3c(c2)CNCC3)c2ccsc12. The molecule has 1 aliphatic rings. The van der Waals surface area contributed by atoms with E-state index in [-0.39, 0.29) is 12.3 Å². The van der Waals surface area contributed by atoms with Crippen LogP contribution in [0.5, 0.6) is 5.75 Å². The van der Waals surface area contributed by atoms with Crippen LogP contribution in [-0.4, -0.2) is 21.7 Å². The Morgan fingerprint density at radius 2 is 1.94 bits per heavy atom. The maximum atomic E-state index is 14.1. The number of hydrogen-bond acceptors (Lipinski definition) is 6. The summed E-state index contributed by atoms with van der Waals surface area (Å²) in [6, 6.07) is 16.9. The second-order valence-electron chi connectivity index (χ2n) is 8.33. The highest BCUT2D eigenvalue weighted by molar-refractivity contribution is 7.17. The topological polar surface area (TPSA) is 59.9 Å². The number of fused-ring (bicyclic) bond motifs is 2. The van der Waals surface area contributed by atoms with Gasteiger partial charge in [0.15, 0.2) is 0 Å². The van der Waals surface area contributed by atoms with Gasteiger partial charge in [-0.3, -0.25) is 4.98 Å². The summed E-state index contributed by atoms with van der Waals surface area (Å²) in [5.74, 6) is 0.0836. The predicted molar refractivity (Wildman–Crippen MR) is 137 cm³/mol. The molecule has 4 heterocycles. The maximum absolute atomic E-state index is 14.1. The van der Waals surface area contributed by atoms with E-state index in [2.05, 4.69) is 44.8 Å². The van der Waals surface area contributed by atoms with E-state index in [0.29, 0.717) is 16.5 Å². The summed E-state index contributed by atoms with van der Waals surface area (Å²) in [6.45, 7) is 1.85. The third-order valence-corrected chi connectivity index (χ3v) is 7.31. The van der Waals surface area contributed by atoms with Crippen LogP contribution in [0.25, 0.3) is 32.6 Å². The Balaban J connectivity index is 1.40. The van der Waals surface area contributed by atoms with Crippen LogP contribution < -0.4 is 10.1 Å². The van der Waals surface area contributed by atoms with Gasteiger partial charge in [-0.1, -0.05) is 23.7 Å². The molecule has 0 aliphatic carbocycles. The van der Waals surface area contributed by atoms with Gasteiger partial charge in [-0.05, 0) is 71.9 Å². The highest BCUT2D eigenvalue weighted by Gasteiger charge is 2.19. The average Bonchev–Trinajstić information content (AvgIpc) is 3.38. The van der Waals surface area contributed by atoms with Crippen molar-refractivity contribution in [1.82, 2.24) is 20.5 Å². The number of hydrogen-bond donors (Lipinski definition) is 1. The fourth-order valence-electron chi connectivity index (χ4n) is 4.38. The van der Waals surface area contributed by atoms with Gasteiger partial charge in [-0.2, -0.15) is 0 Å². The molecule has 174 valence electrons. The van der Waals surface area contributed by atoms with Gasteiger partial charge in [0, 0.05) is 34.3 Å². The second-order valence-corrected chi connectivity index (χ2v) is 9.68. The van der Waals surface area contributed by atoms with Crippen molar-refractivity contribution in [3.8, 4) is 28.3 Å². The third-order valence-electron chi connectivity index (χ3n) is 6.15. The quantitative estimate of drug-likeness (QED) is 0.300. The minimum Gasteiger partial charge on any atom is -0.486 e. The van der Waals surface area contributed by atoms with Crippen LogP contribution in [0.2, 0.25) is 5.02 Å². The third kappa shape index (κ3) is 4.27. The van der Waals surface area contributed by atoms with Gasteiger partial charge < -0.3 is 10.1 Å². The zero-order chi connectivity index (χ0) is 23.8. The number of halogens is 2. The minimum absolute atomic E-state index is 0.0255. The minimum atomic E-state index is -0.416. The molecule has 0 saturated carbocycles. The van der Waals surface area contributed by atoms with E-state index in [0.717, 1.165) is 46.4 Å². The number of benzene rings is 2. The molecule has 0 amide bonds. The normalized spacial score (nSPS) is 13.1. The molecule has 0 bridgehead atoms. The Morgan fingerprint density at radius 1 is 1.03 bits per heavy atom. The first kappa shape index (κ1) is 22.1. The molecule has 5 aromatic rings. The van der Waals surface area contributed by atoms with E-state index in [1.165, 1.54) is 23.4 Å². The Kier molecular flexibility index (Phi) is 5.90. The number of aromatic nitrogens is 3. The summed E-state index contributed by atoms with van der Waals surface area (Å²) < 4.78 is 21.1. The summed E-state index contributed by atoms with van der Waals surface area (Å²) in [4.78, 5) is 4.07. The highest BCUT2D eigenvalue weighted by atomic mass is 35.5. The van der Waals surface area contributed by atoms with Gasteiger partial charge in [0.25, 0.3) is 0 Å². The Morgan fingerprint density at radius 3 is 2.86 bits per heavy atom. The van der Waals surface area contributed by atoms with E-state index in [4.69, 9.17) is 16.3 Å². The van der Waals surface area contributed by atoms with Gasteiger partial charge in [0.2, 0.25) is 0 Å². The number of ether oxygens (including phenoxy) is 1. The molecule has 0 saturated heterocycles. The van der Waals surface area contributed by atoms with Crippen molar-refractivity contribution in [3.05, 3.63) is 93.8 Å². The van der Waals surface area contributed by atoms with Crippen LogP contribution in [0.3, 0.4) is 0 Å². The van der Waals surface area contributed by atoms with Crippen molar-refractivity contribution in [2.24, 2.45) is 0 Å². The lowest BCUT2D eigenvalue weighted by Gasteiger charge is -2.18. The first-order valence-corrected chi connectivity index (χ1v) is 12.5. The van der Waals surface area contributed by atoms with Gasteiger partial charge >= 0.3 is 0 Å². The van der Waals surface area contributed by atoms with E-state index in [1.807, 2.05) is 11.4 Å². The zero-order valence-corrected chi connectivity index (χ0v) is 20.2. The number of rotatable bonds is 5. The van der Waals surface area contributed by atoms with Crippen LogP contribution in [0.15, 0.2) is 66.2 Å². The fraction of sp³-hybridized carbons (Fsp3) is 0.148. The van der Waals surface area contributed by atoms with E-state index in [1.54, 1.807) is 29.5 Å². The van der Waals surface area contributed by atoms with Crippen molar-refractivity contribution >= 4 is 33.0 Å². The summed E-state index contributed by atoms with van der Waals surface area (Å²) >= 11 is 7.87. The molecule has 5 nitrogen and oxygen atoms in total. The molecule has 3 aromatic heterocycles. The standard InChI is InChI=1S/C27H20ClFN4OS/c28-19-5-6-20(24(13-19)34-15-23-22(29)2-1-9-31-23)26-27-21(8-11-35-27)25(32-33-26)17-4-3-16-7-10-30-14-18(16)12-17/h1-6,8-9,11-13,30H,7,10,14-15H2. The Hall–Kier alpha value is -3.39. The molecular weight excluding hydrogens is 483 g/mol. The van der Waals surface area contributed by atoms with Crippen LogP contribution in [0, 0.1) is 5.82 Å². The lowest BCUT2D eigenvalue weighted by atomic mass is 9.96. The molecule has 2 aromatic carbocycles. The lowest BCUT2D eigenvalue weighted by molar-refractivity contribution is 0.295. The molecule has 0 radical (unpaired) electrons. The van der Waals surface area contributed by atoms with E-state index in [9.17, 15) is 4.39 Å². The molecule has 0 unspecified atom stereocenters. The molecule has 35 heavy (non-hydrogen) atoms. The van der Waals surface area contributed by atoms with E-state index >= 15 is 0 Å². The maximum Gasteiger partial charge on any atom is 0.148 e. The summed E-state index contributed by atoms with van der Waals surface area (Å²) in [5, 5.41) is 16.3. The molecule has 1 N–H and O–H groups in total. The molecule has 1 aliphatic heterocycles. The smallest absolute Gasteiger partial charge is 0.148 e. The van der Waals surface area contributed by atoms with Crippen molar-refractivity contribution in [1.29, 1.82) is 0 Å². The predicted octanol–water partition coefficient (Wildman–Crippen LogP) is 6.44. The summed E-state index contributed by atoms with van der Waals surface area (Å²) in [5.41, 5.74) is 6.25. The van der Waals surface area contributed by atoms with Crippen LogP contribution in [0.4, 0.5) is 4.39 Å². The van der Waals surface area contributed by atoms with Gasteiger partial charge in [-0.25, -0.2) is 4.39 Å². The Labute approximate surface area is 210 Å².